The van der Waals surface area contributed by atoms with Gasteiger partial charge in [-0.15, -0.1) is 0 Å². The minimum atomic E-state index is -0.415. The van der Waals surface area contributed by atoms with Gasteiger partial charge in [-0.2, -0.15) is 10.1 Å². The van der Waals surface area contributed by atoms with E-state index in [-0.39, 0.29) is 17.4 Å². The van der Waals surface area contributed by atoms with E-state index in [1.165, 1.54) is 6.33 Å². The largest absolute Gasteiger partial charge is 0.476 e. The maximum atomic E-state index is 13.9. The maximum Gasteiger partial charge on any atom is 0.228 e. The van der Waals surface area contributed by atoms with Crippen molar-refractivity contribution in [1.82, 2.24) is 29.5 Å². The van der Waals surface area contributed by atoms with E-state index < -0.39 is 5.92 Å². The van der Waals surface area contributed by atoms with Crippen LogP contribution in [0.15, 0.2) is 42.0 Å². The highest BCUT2D eigenvalue weighted by atomic mass is 16.5. The zero-order chi connectivity index (χ0) is 28.6. The summed E-state index contributed by atoms with van der Waals surface area (Å²) in [6.07, 6.45) is 9.61. The van der Waals surface area contributed by atoms with Crippen molar-refractivity contribution in [2.45, 2.75) is 78.2 Å². The van der Waals surface area contributed by atoms with Gasteiger partial charge in [0.2, 0.25) is 17.5 Å². The molecular formula is C30H41N7O3. The van der Waals surface area contributed by atoms with Crippen LogP contribution in [0, 0.1) is 5.92 Å². The fourth-order valence-electron chi connectivity index (χ4n) is 5.39. The Hall–Kier alpha value is -3.66. The van der Waals surface area contributed by atoms with E-state index in [0.717, 1.165) is 37.8 Å². The number of nitrogens with zero attached hydrogens (tertiary/aromatic N) is 6. The smallest absolute Gasteiger partial charge is 0.228 e. The van der Waals surface area contributed by atoms with Crippen LogP contribution < -0.4 is 10.5 Å². The quantitative estimate of drug-likeness (QED) is 0.301. The summed E-state index contributed by atoms with van der Waals surface area (Å²) in [5.74, 6) is -0.301. The third-order valence-electron chi connectivity index (χ3n) is 7.63. The lowest BCUT2D eigenvalue weighted by Gasteiger charge is -2.23. The summed E-state index contributed by atoms with van der Waals surface area (Å²) >= 11 is 0. The van der Waals surface area contributed by atoms with Gasteiger partial charge in [-0.25, -0.2) is 14.5 Å². The van der Waals surface area contributed by atoms with E-state index in [4.69, 9.17) is 10.5 Å². The number of carbonyl (C=O) groups is 2. The van der Waals surface area contributed by atoms with Crippen molar-refractivity contribution in [2.24, 2.45) is 11.7 Å². The first kappa shape index (κ1) is 29.3. The number of ether oxygens (including phenoxy) is 1. The molecule has 4 heterocycles. The van der Waals surface area contributed by atoms with Crippen molar-refractivity contribution in [1.29, 1.82) is 0 Å². The van der Waals surface area contributed by atoms with Gasteiger partial charge in [0.25, 0.3) is 0 Å². The number of likely N-dealkylation sites (N-methyl/N-ethyl adjacent to an activating group) is 1. The molecule has 1 aliphatic carbocycles. The lowest BCUT2D eigenvalue weighted by atomic mass is 9.83. The second kappa shape index (κ2) is 13.6. The van der Waals surface area contributed by atoms with Crippen LogP contribution in [0.3, 0.4) is 0 Å². The zero-order valence-corrected chi connectivity index (χ0v) is 24.1. The number of nitrogens with two attached hydrogens (primary N) is 1. The second-order valence-electron chi connectivity index (χ2n) is 10.3. The van der Waals surface area contributed by atoms with Crippen LogP contribution in [-0.2, 0) is 4.79 Å². The molecule has 2 fully saturated rings. The first-order valence-corrected chi connectivity index (χ1v) is 14.5. The van der Waals surface area contributed by atoms with E-state index in [9.17, 15) is 9.59 Å². The summed E-state index contributed by atoms with van der Waals surface area (Å²) < 4.78 is 7.80. The van der Waals surface area contributed by atoms with E-state index in [0.29, 0.717) is 66.8 Å². The molecule has 214 valence electrons. The highest BCUT2D eigenvalue weighted by molar-refractivity contribution is 6.07. The van der Waals surface area contributed by atoms with Crippen LogP contribution in [0.1, 0.15) is 82.8 Å². The third-order valence-corrected chi connectivity index (χ3v) is 7.63. The van der Waals surface area contributed by atoms with Gasteiger partial charge in [-0.05, 0) is 57.8 Å². The van der Waals surface area contributed by atoms with Crippen LogP contribution in [0.4, 0.5) is 0 Å². The molecule has 0 spiro atoms. The molecule has 2 atom stereocenters. The molecule has 0 aromatic carbocycles. The monoisotopic (exact) mass is 547 g/mol. The van der Waals surface area contributed by atoms with E-state index in [1.807, 2.05) is 32.9 Å². The molecule has 10 nitrogen and oxygen atoms in total. The number of pyridine rings is 1. The molecule has 1 saturated carbocycles. The second-order valence-corrected chi connectivity index (χ2v) is 10.3. The molecule has 0 unspecified atom stereocenters. The summed E-state index contributed by atoms with van der Waals surface area (Å²) in [4.78, 5) is 42.2. The number of carbonyl (C=O) groups excluding carboxylic acids is 2. The lowest BCUT2D eigenvalue weighted by molar-refractivity contribution is -0.123. The Balaban J connectivity index is 0.00000181. The van der Waals surface area contributed by atoms with Crippen molar-refractivity contribution < 1.29 is 14.3 Å². The number of hydrogen-bond donors (Lipinski definition) is 1. The molecular weight excluding hydrogens is 506 g/mol. The van der Waals surface area contributed by atoms with Crippen molar-refractivity contribution in [3.8, 4) is 17.1 Å². The predicted molar refractivity (Wildman–Crippen MR) is 154 cm³/mol. The SMILES string of the molecule is CC.CCC/C(C(=O)c1nc(OC[C@@H]2CCCN2C)cc(-c2ccn3ncnc3c2)n1)=C(/N)[C@H]1CCCCC1=O. The van der Waals surface area contributed by atoms with Gasteiger partial charge in [0, 0.05) is 41.6 Å². The number of hydrogen-bond acceptors (Lipinski definition) is 9. The van der Waals surface area contributed by atoms with E-state index in [2.05, 4.69) is 32.0 Å². The molecule has 1 aliphatic heterocycles. The number of likely N-dealkylation sites (tertiary alicyclic amines) is 1. The number of fused-ring (bicyclic) bond motifs is 1. The maximum absolute atomic E-state index is 13.9. The highest BCUT2D eigenvalue weighted by Gasteiger charge is 2.30. The Morgan fingerprint density at radius 3 is 2.70 bits per heavy atom. The third kappa shape index (κ3) is 6.55. The van der Waals surface area contributed by atoms with E-state index >= 15 is 0 Å². The Morgan fingerprint density at radius 2 is 1.98 bits per heavy atom. The van der Waals surface area contributed by atoms with Crippen molar-refractivity contribution in [2.75, 3.05) is 20.2 Å². The molecule has 40 heavy (non-hydrogen) atoms. The summed E-state index contributed by atoms with van der Waals surface area (Å²) in [5, 5.41) is 4.15. The van der Waals surface area contributed by atoms with Gasteiger partial charge < -0.3 is 15.4 Å². The number of aromatic nitrogens is 5. The number of ketones is 2. The minimum Gasteiger partial charge on any atom is -0.476 e. The average Bonchev–Trinajstić information content (AvgIpc) is 3.63. The van der Waals surface area contributed by atoms with Crippen LogP contribution in [0.25, 0.3) is 16.9 Å². The molecule has 3 aromatic rings. The Morgan fingerprint density at radius 1 is 1.15 bits per heavy atom. The van der Waals surface area contributed by atoms with Gasteiger partial charge in [0.1, 0.15) is 18.7 Å². The van der Waals surface area contributed by atoms with Crippen LogP contribution in [0.5, 0.6) is 5.88 Å². The fraction of sp³-hybridized carbons (Fsp3) is 0.533. The summed E-state index contributed by atoms with van der Waals surface area (Å²) in [6, 6.07) is 5.77. The molecule has 0 amide bonds. The highest BCUT2D eigenvalue weighted by Crippen LogP contribution is 2.30. The lowest BCUT2D eigenvalue weighted by Crippen LogP contribution is -2.31. The van der Waals surface area contributed by atoms with Crippen molar-refractivity contribution in [3.05, 3.63) is 47.8 Å². The predicted octanol–water partition coefficient (Wildman–Crippen LogP) is 4.64. The summed E-state index contributed by atoms with van der Waals surface area (Å²) in [5.41, 5.74) is 9.31. The van der Waals surface area contributed by atoms with Gasteiger partial charge in [0.05, 0.1) is 11.6 Å². The first-order valence-electron chi connectivity index (χ1n) is 14.5. The summed E-state index contributed by atoms with van der Waals surface area (Å²) in [6.45, 7) is 7.50. The van der Waals surface area contributed by atoms with Crippen LogP contribution in [-0.4, -0.2) is 67.3 Å². The molecule has 5 rings (SSSR count). The van der Waals surface area contributed by atoms with Gasteiger partial charge in [-0.1, -0.05) is 33.6 Å². The average molecular weight is 548 g/mol. The number of Topliss-reactive ketones (excluding diaryl/α,β-unsaturated/α-hetero) is 2. The number of allylic oxidation sites excluding steroid dienone is 2. The molecule has 2 aliphatic rings. The van der Waals surface area contributed by atoms with E-state index in [1.54, 1.807) is 16.8 Å². The minimum absolute atomic E-state index is 0.0216. The fourth-order valence-corrected chi connectivity index (χ4v) is 5.39. The van der Waals surface area contributed by atoms with Gasteiger partial charge in [-0.3, -0.25) is 9.59 Å². The van der Waals surface area contributed by atoms with Crippen molar-refractivity contribution >= 4 is 17.2 Å². The topological polar surface area (TPSA) is 129 Å². The van der Waals surface area contributed by atoms with Crippen LogP contribution in [0.2, 0.25) is 0 Å². The molecule has 10 heteroatoms. The molecule has 3 aromatic heterocycles. The number of rotatable bonds is 9. The molecule has 0 bridgehead atoms. The Kier molecular flexibility index (Phi) is 9.98. The Labute approximate surface area is 236 Å². The van der Waals surface area contributed by atoms with Gasteiger partial charge in [0.15, 0.2) is 5.65 Å². The first-order chi connectivity index (χ1) is 19.4. The molecule has 1 saturated heterocycles. The molecule has 2 N–H and O–H groups in total. The Bertz CT molecular complexity index is 1370. The van der Waals surface area contributed by atoms with Gasteiger partial charge >= 0.3 is 0 Å². The summed E-state index contributed by atoms with van der Waals surface area (Å²) in [7, 11) is 2.09. The van der Waals surface area contributed by atoms with Crippen molar-refractivity contribution in [3.63, 3.8) is 0 Å². The standard InChI is InChI=1S/C28H35N7O3.C2H6/c1-3-7-21(26(29)20-9-4-5-10-23(20)36)27(37)28-32-22(18-11-13-35-24(14-18)30-17-31-35)15-25(33-28)38-16-19-8-6-12-34(19)2;1-2/h11,13-15,17,19-20H,3-10,12,16,29H2,1-2H3;1-2H3/b26-21-;/t19-,20-;/m0./s1. The normalized spacial score (nSPS) is 20.1. The molecule has 0 radical (unpaired) electrons. The zero-order valence-electron chi connectivity index (χ0n) is 24.1. The van der Waals surface area contributed by atoms with Crippen LogP contribution >= 0.6 is 0 Å².